The van der Waals surface area contributed by atoms with E-state index in [1.807, 2.05) is 0 Å². The molecule has 0 saturated heterocycles. The van der Waals surface area contributed by atoms with Crippen molar-refractivity contribution in [3.63, 3.8) is 0 Å². The standard InChI is InChI=1S/C50H94NO9P/c1-3-5-7-9-11-13-15-17-19-21-23-25-27-29-31-33-35-37-39-41-43-57-44-47(45-58-61(55,56)59-46-48(51)50(53)54)60-49(52)42-40-38-36-34-32-30-28-26-24-22-20-18-16-14-12-10-8-6-4-2/h11,13,17-20,47-48H,3-10,12,14-16,21-46,51H2,1-2H3,(H,53,54)(H,55,56)/b13-11-,19-17-,20-18-. The first-order chi connectivity index (χ1) is 29.7. The van der Waals surface area contributed by atoms with Crippen molar-refractivity contribution in [3.8, 4) is 0 Å². The van der Waals surface area contributed by atoms with Gasteiger partial charge in [0.25, 0.3) is 0 Å². The van der Waals surface area contributed by atoms with Crippen molar-refractivity contribution in [1.29, 1.82) is 0 Å². The number of carbonyl (C=O) groups is 2. The second kappa shape index (κ2) is 46.2. The Morgan fingerprint density at radius 3 is 1.38 bits per heavy atom. The lowest BCUT2D eigenvalue weighted by atomic mass is 10.1. The second-order valence-corrected chi connectivity index (χ2v) is 18.4. The molecule has 0 amide bonds. The maximum atomic E-state index is 12.7. The molecule has 0 aliphatic rings. The van der Waals surface area contributed by atoms with E-state index in [9.17, 15) is 19.0 Å². The summed E-state index contributed by atoms with van der Waals surface area (Å²) in [6.07, 6.45) is 53.4. The third-order valence-electron chi connectivity index (χ3n) is 10.9. The molecule has 10 nitrogen and oxygen atoms in total. The summed E-state index contributed by atoms with van der Waals surface area (Å²) in [6.45, 7) is 3.88. The molecule has 0 aromatic rings. The Bertz CT molecular complexity index is 1110. The van der Waals surface area contributed by atoms with Crippen LogP contribution in [-0.2, 0) is 32.7 Å². The molecule has 358 valence electrons. The van der Waals surface area contributed by atoms with Crippen molar-refractivity contribution < 1.29 is 42.7 Å². The molecule has 61 heavy (non-hydrogen) atoms. The van der Waals surface area contributed by atoms with E-state index in [0.29, 0.717) is 13.0 Å². The largest absolute Gasteiger partial charge is 0.480 e. The fourth-order valence-corrected chi connectivity index (χ4v) is 7.76. The van der Waals surface area contributed by atoms with Gasteiger partial charge in [0.15, 0.2) is 0 Å². The van der Waals surface area contributed by atoms with Crippen LogP contribution in [0, 0.1) is 0 Å². The van der Waals surface area contributed by atoms with E-state index in [0.717, 1.165) is 44.9 Å². The number of phosphoric ester groups is 1. The Labute approximate surface area is 374 Å². The van der Waals surface area contributed by atoms with Crippen LogP contribution >= 0.6 is 7.82 Å². The van der Waals surface area contributed by atoms with Gasteiger partial charge < -0.3 is 25.2 Å². The van der Waals surface area contributed by atoms with Crippen molar-refractivity contribution in [2.45, 2.75) is 244 Å². The highest BCUT2D eigenvalue weighted by atomic mass is 31.2. The number of phosphoric acid groups is 1. The number of nitrogens with two attached hydrogens (primary N) is 1. The number of rotatable bonds is 48. The lowest BCUT2D eigenvalue weighted by molar-refractivity contribution is -0.154. The predicted molar refractivity (Wildman–Crippen MR) is 254 cm³/mol. The van der Waals surface area contributed by atoms with Gasteiger partial charge in [-0.15, -0.1) is 0 Å². The highest BCUT2D eigenvalue weighted by Crippen LogP contribution is 2.43. The maximum Gasteiger partial charge on any atom is 0.472 e. The Kier molecular flexibility index (Phi) is 44.8. The van der Waals surface area contributed by atoms with Gasteiger partial charge in [-0.05, 0) is 70.6 Å². The Morgan fingerprint density at radius 2 is 0.902 bits per heavy atom. The maximum absolute atomic E-state index is 12.7. The molecule has 0 saturated carbocycles. The van der Waals surface area contributed by atoms with Gasteiger partial charge in [-0.2, -0.15) is 0 Å². The highest BCUT2D eigenvalue weighted by Gasteiger charge is 2.27. The quantitative estimate of drug-likeness (QED) is 0.0233. The molecule has 0 fully saturated rings. The van der Waals surface area contributed by atoms with Crippen LogP contribution in [0.15, 0.2) is 36.5 Å². The zero-order valence-corrected chi connectivity index (χ0v) is 40.2. The number of carboxylic acid groups (broad SMARTS) is 1. The zero-order chi connectivity index (χ0) is 44.8. The molecule has 0 aromatic carbocycles. The van der Waals surface area contributed by atoms with E-state index in [1.54, 1.807) is 0 Å². The summed E-state index contributed by atoms with van der Waals surface area (Å²) >= 11 is 0. The van der Waals surface area contributed by atoms with Crippen LogP contribution in [0.4, 0.5) is 0 Å². The van der Waals surface area contributed by atoms with E-state index in [-0.39, 0.29) is 13.0 Å². The fraction of sp³-hybridized carbons (Fsp3) is 0.840. The third-order valence-corrected chi connectivity index (χ3v) is 11.8. The fourth-order valence-electron chi connectivity index (χ4n) is 6.98. The normalized spacial score (nSPS) is 14.0. The molecule has 0 bridgehead atoms. The number of ether oxygens (including phenoxy) is 2. The number of allylic oxidation sites excluding steroid dienone is 6. The first-order valence-electron chi connectivity index (χ1n) is 25.0. The van der Waals surface area contributed by atoms with Crippen LogP contribution in [0.25, 0.3) is 0 Å². The monoisotopic (exact) mass is 884 g/mol. The first-order valence-corrected chi connectivity index (χ1v) is 26.5. The number of esters is 1. The van der Waals surface area contributed by atoms with Crippen LogP contribution in [0.1, 0.15) is 232 Å². The summed E-state index contributed by atoms with van der Waals surface area (Å²) < 4.78 is 33.5. The van der Waals surface area contributed by atoms with Gasteiger partial charge in [0.05, 0.1) is 19.8 Å². The first kappa shape index (κ1) is 59.2. The summed E-state index contributed by atoms with van der Waals surface area (Å²) in [7, 11) is -4.62. The van der Waals surface area contributed by atoms with Crippen molar-refractivity contribution in [2.24, 2.45) is 5.73 Å². The molecule has 0 spiro atoms. The Hall–Kier alpha value is -1.81. The molecule has 0 aromatic heterocycles. The SMILES string of the molecule is CCCCC/C=C\C/C=C\CCCCCCCCCCCCOCC(COP(=O)(O)OCC(N)C(=O)O)OC(=O)CCCCCCCCCCC/C=C\CCCCCCCC. The summed E-state index contributed by atoms with van der Waals surface area (Å²) in [4.78, 5) is 33.7. The van der Waals surface area contributed by atoms with Crippen LogP contribution < -0.4 is 5.73 Å². The van der Waals surface area contributed by atoms with E-state index in [2.05, 4.69) is 50.3 Å². The molecular weight excluding hydrogens is 790 g/mol. The number of aliphatic carboxylic acids is 1. The van der Waals surface area contributed by atoms with Crippen LogP contribution in [0.5, 0.6) is 0 Å². The Balaban J connectivity index is 4.15. The molecule has 3 atom stereocenters. The average Bonchev–Trinajstić information content (AvgIpc) is 3.24. The summed E-state index contributed by atoms with van der Waals surface area (Å²) in [5.41, 5.74) is 5.37. The minimum Gasteiger partial charge on any atom is -0.480 e. The van der Waals surface area contributed by atoms with Gasteiger partial charge in [0.2, 0.25) is 0 Å². The van der Waals surface area contributed by atoms with Gasteiger partial charge in [0.1, 0.15) is 12.1 Å². The van der Waals surface area contributed by atoms with Gasteiger partial charge in [0, 0.05) is 13.0 Å². The lowest BCUT2D eigenvalue weighted by Crippen LogP contribution is -2.34. The molecular formula is C50H94NO9P. The molecule has 4 N–H and O–H groups in total. The van der Waals surface area contributed by atoms with Crippen molar-refractivity contribution in [2.75, 3.05) is 26.4 Å². The number of hydrogen-bond acceptors (Lipinski definition) is 8. The van der Waals surface area contributed by atoms with Gasteiger partial charge in [-0.1, -0.05) is 192 Å². The topological polar surface area (TPSA) is 155 Å². The molecule has 11 heteroatoms. The lowest BCUT2D eigenvalue weighted by Gasteiger charge is -2.20. The second-order valence-electron chi connectivity index (χ2n) is 16.9. The van der Waals surface area contributed by atoms with Gasteiger partial charge >= 0.3 is 19.8 Å². The van der Waals surface area contributed by atoms with Crippen LogP contribution in [-0.4, -0.2) is 60.5 Å². The Morgan fingerprint density at radius 1 is 0.525 bits per heavy atom. The number of hydrogen-bond donors (Lipinski definition) is 3. The minimum atomic E-state index is -4.62. The van der Waals surface area contributed by atoms with Gasteiger partial charge in [-0.3, -0.25) is 18.6 Å². The number of unbranched alkanes of at least 4 members (excludes halogenated alkanes) is 28. The van der Waals surface area contributed by atoms with Crippen molar-refractivity contribution >= 4 is 19.8 Å². The van der Waals surface area contributed by atoms with Crippen molar-refractivity contribution in [1.82, 2.24) is 0 Å². The average molecular weight is 884 g/mol. The summed E-state index contributed by atoms with van der Waals surface area (Å²) in [5.74, 6) is -1.78. The molecule has 0 aliphatic heterocycles. The molecule has 0 radical (unpaired) electrons. The summed E-state index contributed by atoms with van der Waals surface area (Å²) in [6, 6.07) is -1.47. The van der Waals surface area contributed by atoms with Gasteiger partial charge in [-0.25, -0.2) is 4.57 Å². The van der Waals surface area contributed by atoms with E-state index < -0.39 is 45.1 Å². The molecule has 0 rings (SSSR count). The summed E-state index contributed by atoms with van der Waals surface area (Å²) in [5, 5.41) is 8.92. The van der Waals surface area contributed by atoms with E-state index in [1.165, 1.54) is 161 Å². The van der Waals surface area contributed by atoms with E-state index in [4.69, 9.17) is 29.4 Å². The van der Waals surface area contributed by atoms with E-state index >= 15 is 0 Å². The van der Waals surface area contributed by atoms with Crippen molar-refractivity contribution in [3.05, 3.63) is 36.5 Å². The highest BCUT2D eigenvalue weighted by molar-refractivity contribution is 7.47. The smallest absolute Gasteiger partial charge is 0.472 e. The van der Waals surface area contributed by atoms with Crippen LogP contribution in [0.3, 0.4) is 0 Å². The molecule has 0 heterocycles. The molecule has 0 aliphatic carbocycles. The third kappa shape index (κ3) is 46.0. The zero-order valence-electron chi connectivity index (χ0n) is 39.3. The number of carboxylic acids is 1. The number of carbonyl (C=O) groups excluding carboxylic acids is 1. The predicted octanol–water partition coefficient (Wildman–Crippen LogP) is 14.4. The van der Waals surface area contributed by atoms with Crippen LogP contribution in [0.2, 0.25) is 0 Å². The molecule has 3 unspecified atom stereocenters. The minimum absolute atomic E-state index is 0.0157.